The number of carbonyl (C=O) groups is 5. The first kappa shape index (κ1) is 31.8. The molecule has 0 spiro atoms. The summed E-state index contributed by atoms with van der Waals surface area (Å²) in [5, 5.41) is 5.69. The zero-order valence-electron chi connectivity index (χ0n) is 22.9. The van der Waals surface area contributed by atoms with E-state index in [1.54, 1.807) is 32.0 Å². The second-order valence-corrected chi connectivity index (χ2v) is 10.5. The molecule has 2 amide bonds. The molecule has 0 aliphatic carbocycles. The van der Waals surface area contributed by atoms with Crippen molar-refractivity contribution >= 4 is 41.6 Å². The predicted octanol–water partition coefficient (Wildman–Crippen LogP) is 2.79. The quantitative estimate of drug-likeness (QED) is 0.381. The lowest BCUT2D eigenvalue weighted by Crippen LogP contribution is -2.49. The Morgan fingerprint density at radius 2 is 1.85 bits per heavy atom. The van der Waals surface area contributed by atoms with Crippen molar-refractivity contribution in [3.05, 3.63) is 40.9 Å². The maximum absolute atomic E-state index is 13.1. The monoisotopic (exact) mass is 564 g/mol. The lowest BCUT2D eigenvalue weighted by Gasteiger charge is -2.25. The van der Waals surface area contributed by atoms with E-state index in [1.807, 2.05) is 13.8 Å². The van der Waals surface area contributed by atoms with Crippen LogP contribution in [0.3, 0.4) is 0 Å². The number of nitrogens with one attached hydrogen (secondary N) is 2. The van der Waals surface area contributed by atoms with Crippen LogP contribution in [0.5, 0.6) is 5.75 Å². The van der Waals surface area contributed by atoms with E-state index >= 15 is 0 Å². The maximum atomic E-state index is 13.1. The van der Waals surface area contributed by atoms with Crippen molar-refractivity contribution < 1.29 is 38.2 Å². The highest BCUT2D eigenvalue weighted by Crippen LogP contribution is 2.25. The Morgan fingerprint density at radius 3 is 2.46 bits per heavy atom. The molecule has 214 valence electrons. The molecule has 11 heteroatoms. The summed E-state index contributed by atoms with van der Waals surface area (Å²) in [6.07, 6.45) is 1.68. The van der Waals surface area contributed by atoms with E-state index < -0.39 is 53.8 Å². The van der Waals surface area contributed by atoms with E-state index in [0.29, 0.717) is 22.6 Å². The zero-order chi connectivity index (χ0) is 29.1. The number of aldehydes is 1. The van der Waals surface area contributed by atoms with Gasteiger partial charge in [0, 0.05) is 25.3 Å². The Hall–Kier alpha value is -3.40. The average Bonchev–Trinajstić information content (AvgIpc) is 2.88. The summed E-state index contributed by atoms with van der Waals surface area (Å²) in [6.45, 7) is 6.79. The van der Waals surface area contributed by atoms with Crippen LogP contribution < -0.4 is 15.4 Å². The van der Waals surface area contributed by atoms with Crippen molar-refractivity contribution in [1.82, 2.24) is 10.6 Å². The topological polar surface area (TPSA) is 137 Å². The number of hydrogen-bond donors (Lipinski definition) is 2. The third kappa shape index (κ3) is 10.0. The summed E-state index contributed by atoms with van der Waals surface area (Å²) in [5.74, 6) is -3.51. The molecule has 0 bridgehead atoms. The van der Waals surface area contributed by atoms with Crippen LogP contribution in [-0.2, 0) is 39.9 Å². The van der Waals surface area contributed by atoms with Gasteiger partial charge in [-0.1, -0.05) is 51.4 Å². The smallest absolute Gasteiger partial charge is 0.347 e. The molecule has 1 aromatic rings. The van der Waals surface area contributed by atoms with E-state index in [9.17, 15) is 24.0 Å². The van der Waals surface area contributed by atoms with E-state index in [2.05, 4.69) is 10.6 Å². The second-order valence-electron chi connectivity index (χ2n) is 10.0. The number of amides is 2. The molecule has 2 N–H and O–H groups in total. The molecular weight excluding hydrogens is 528 g/mol. The Bertz CT molecular complexity index is 1070. The van der Waals surface area contributed by atoms with Gasteiger partial charge in [-0.2, -0.15) is 0 Å². The van der Waals surface area contributed by atoms with Crippen molar-refractivity contribution in [2.24, 2.45) is 17.8 Å². The van der Waals surface area contributed by atoms with Crippen LogP contribution in [-0.4, -0.2) is 61.9 Å². The van der Waals surface area contributed by atoms with Crippen molar-refractivity contribution in [3.63, 3.8) is 0 Å². The van der Waals surface area contributed by atoms with Gasteiger partial charge in [0.2, 0.25) is 11.8 Å². The van der Waals surface area contributed by atoms with Crippen molar-refractivity contribution in [2.45, 2.75) is 65.2 Å². The normalized spacial score (nSPS) is 24.3. The van der Waals surface area contributed by atoms with Gasteiger partial charge in [-0.15, -0.1) is 0 Å². The van der Waals surface area contributed by atoms with E-state index in [4.69, 9.17) is 25.8 Å². The summed E-state index contributed by atoms with van der Waals surface area (Å²) < 4.78 is 16.2. The van der Waals surface area contributed by atoms with Gasteiger partial charge in [0.05, 0.1) is 18.1 Å². The molecule has 0 aromatic heterocycles. The highest BCUT2D eigenvalue weighted by atomic mass is 35.5. The lowest BCUT2D eigenvalue weighted by molar-refractivity contribution is -0.176. The van der Waals surface area contributed by atoms with Crippen molar-refractivity contribution in [2.75, 3.05) is 13.7 Å². The number of halogens is 1. The maximum Gasteiger partial charge on any atom is 0.347 e. The summed E-state index contributed by atoms with van der Waals surface area (Å²) in [4.78, 5) is 63.0. The number of ether oxygens (including phenoxy) is 3. The van der Waals surface area contributed by atoms with Crippen LogP contribution in [0, 0.1) is 17.8 Å². The standard InChI is InChI=1S/C28H37ClN2O8/c1-16(2)11-24-28(36)38-22(18(4)15-32)7-6-8-25(33)31-21(26(34)30-14-17(3)27(35)39-24)13-19-9-10-23(37-5)20(29)12-19/h6,8-10,12,15-18,21-22,24H,7,11,13-14H2,1-5H3,(H,30,34)(H,31,33)/t17-,18-,21-,22+,24+/m1/s1. The van der Waals surface area contributed by atoms with E-state index in [0.717, 1.165) is 0 Å². The highest BCUT2D eigenvalue weighted by molar-refractivity contribution is 6.32. The minimum Gasteiger partial charge on any atom is -0.495 e. The van der Waals surface area contributed by atoms with Gasteiger partial charge in [0.15, 0.2) is 6.10 Å². The largest absolute Gasteiger partial charge is 0.495 e. The lowest BCUT2D eigenvalue weighted by atomic mass is 10.0. The summed E-state index contributed by atoms with van der Waals surface area (Å²) in [5.41, 5.74) is 0.676. The van der Waals surface area contributed by atoms with Crippen LogP contribution in [0.2, 0.25) is 5.02 Å². The van der Waals surface area contributed by atoms with Gasteiger partial charge in [0.25, 0.3) is 0 Å². The summed E-state index contributed by atoms with van der Waals surface area (Å²) >= 11 is 6.22. The molecule has 39 heavy (non-hydrogen) atoms. The number of rotatable bonds is 7. The molecule has 0 radical (unpaired) electrons. The molecular formula is C28H37ClN2O8. The van der Waals surface area contributed by atoms with Crippen LogP contribution in [0.25, 0.3) is 0 Å². The Labute approximate surface area is 233 Å². The van der Waals surface area contributed by atoms with E-state index in [1.165, 1.54) is 19.3 Å². The van der Waals surface area contributed by atoms with Crippen LogP contribution >= 0.6 is 11.6 Å². The molecule has 10 nitrogen and oxygen atoms in total. The molecule has 5 atom stereocenters. The number of methoxy groups -OCH3 is 1. The minimum absolute atomic E-state index is 0.00806. The first-order valence-corrected chi connectivity index (χ1v) is 13.3. The number of esters is 2. The predicted molar refractivity (Wildman–Crippen MR) is 144 cm³/mol. The SMILES string of the molecule is COc1ccc(C[C@H]2NC(=O)C=CC[C@@H]([C@H](C)C=O)OC(=O)[C@H](CC(C)C)OC(=O)[C@H](C)CNC2=O)cc1Cl. The average molecular weight is 565 g/mol. The molecule has 1 aliphatic rings. The Balaban J connectivity index is 2.35. The third-order valence-electron chi connectivity index (χ3n) is 6.19. The van der Waals surface area contributed by atoms with E-state index in [-0.39, 0.29) is 31.7 Å². The third-order valence-corrected chi connectivity index (χ3v) is 6.48. The molecule has 0 saturated carbocycles. The highest BCUT2D eigenvalue weighted by Gasteiger charge is 2.32. The minimum atomic E-state index is -1.18. The number of carbonyl (C=O) groups excluding carboxylic acids is 5. The molecule has 1 heterocycles. The number of cyclic esters (lactones) is 2. The Morgan fingerprint density at radius 1 is 1.13 bits per heavy atom. The fourth-order valence-corrected chi connectivity index (χ4v) is 4.11. The fourth-order valence-electron chi connectivity index (χ4n) is 3.83. The van der Waals surface area contributed by atoms with Crippen molar-refractivity contribution in [1.29, 1.82) is 0 Å². The van der Waals surface area contributed by atoms with Gasteiger partial charge in [-0.05, 0) is 36.1 Å². The van der Waals surface area contributed by atoms with Crippen LogP contribution in [0.4, 0.5) is 0 Å². The molecule has 2 rings (SSSR count). The molecule has 0 saturated heterocycles. The van der Waals surface area contributed by atoms with Gasteiger partial charge in [0.1, 0.15) is 24.2 Å². The van der Waals surface area contributed by atoms with Gasteiger partial charge in [-0.25, -0.2) is 4.79 Å². The molecule has 1 aliphatic heterocycles. The fraction of sp³-hybridized carbons (Fsp3) is 0.536. The number of hydrogen-bond acceptors (Lipinski definition) is 8. The molecule has 1 aromatic carbocycles. The van der Waals surface area contributed by atoms with Crippen LogP contribution in [0.1, 0.15) is 46.1 Å². The second kappa shape index (κ2) is 15.3. The molecule has 0 unspecified atom stereocenters. The van der Waals surface area contributed by atoms with Gasteiger partial charge in [-0.3, -0.25) is 14.4 Å². The Kier molecular flexibility index (Phi) is 12.4. The first-order valence-electron chi connectivity index (χ1n) is 12.9. The summed E-state index contributed by atoms with van der Waals surface area (Å²) in [6, 6.07) is 4.05. The zero-order valence-corrected chi connectivity index (χ0v) is 23.7. The van der Waals surface area contributed by atoms with Crippen molar-refractivity contribution in [3.8, 4) is 5.75 Å². The van der Waals surface area contributed by atoms with Gasteiger partial charge < -0.3 is 29.6 Å². The van der Waals surface area contributed by atoms with Crippen LogP contribution in [0.15, 0.2) is 30.4 Å². The number of benzene rings is 1. The first-order chi connectivity index (χ1) is 18.4. The summed E-state index contributed by atoms with van der Waals surface area (Å²) in [7, 11) is 1.49. The van der Waals surface area contributed by atoms with Gasteiger partial charge >= 0.3 is 11.9 Å². The molecule has 0 fully saturated rings.